The van der Waals surface area contributed by atoms with Gasteiger partial charge in [-0.15, -0.1) is 0 Å². The summed E-state index contributed by atoms with van der Waals surface area (Å²) in [6.07, 6.45) is -0.691. The highest BCUT2D eigenvalue weighted by Crippen LogP contribution is 2.26. The lowest BCUT2D eigenvalue weighted by Gasteiger charge is -2.31. The first-order valence-electron chi connectivity index (χ1n) is 11.0. The second-order valence-corrected chi connectivity index (χ2v) is 9.39. The van der Waals surface area contributed by atoms with Crippen LogP contribution in [0.4, 0.5) is 10.5 Å². The highest BCUT2D eigenvalue weighted by Gasteiger charge is 2.32. The first-order valence-corrected chi connectivity index (χ1v) is 11.0. The number of likely N-dealkylation sites (N-methyl/N-ethyl adjacent to an activating group) is 1. The molecular weight excluding hydrogens is 418 g/mol. The van der Waals surface area contributed by atoms with Gasteiger partial charge in [0.2, 0.25) is 5.91 Å². The topological polar surface area (TPSA) is 87.7 Å². The minimum Gasteiger partial charge on any atom is -0.444 e. The van der Waals surface area contributed by atoms with Crippen molar-refractivity contribution < 1.29 is 19.1 Å². The molecule has 7 heteroatoms. The minimum absolute atomic E-state index is 0.335. The van der Waals surface area contributed by atoms with Crippen LogP contribution < -0.4 is 10.6 Å². The van der Waals surface area contributed by atoms with Crippen LogP contribution >= 0.6 is 0 Å². The van der Waals surface area contributed by atoms with Crippen molar-refractivity contribution in [1.29, 1.82) is 0 Å². The van der Waals surface area contributed by atoms with Gasteiger partial charge in [-0.1, -0.05) is 48.0 Å². The minimum atomic E-state index is -0.890. The van der Waals surface area contributed by atoms with E-state index in [1.807, 2.05) is 63.2 Å². The monoisotopic (exact) mass is 453 g/mol. The molecule has 2 aromatic rings. The summed E-state index contributed by atoms with van der Waals surface area (Å²) in [5.74, 6) is -0.748. The molecular formula is C26H35N3O4. The molecule has 0 aromatic heterocycles. The second-order valence-electron chi connectivity index (χ2n) is 9.39. The molecule has 2 unspecified atom stereocenters. The number of para-hydroxylation sites is 1. The molecule has 2 N–H and O–H groups in total. The van der Waals surface area contributed by atoms with Crippen molar-refractivity contribution in [2.45, 2.75) is 66.2 Å². The first-order chi connectivity index (χ1) is 15.3. The molecule has 3 amide bonds. The van der Waals surface area contributed by atoms with Crippen LogP contribution in [0.1, 0.15) is 56.0 Å². The van der Waals surface area contributed by atoms with Gasteiger partial charge in [-0.05, 0) is 65.2 Å². The van der Waals surface area contributed by atoms with E-state index in [0.717, 1.165) is 22.4 Å². The van der Waals surface area contributed by atoms with Crippen molar-refractivity contribution in [2.24, 2.45) is 0 Å². The van der Waals surface area contributed by atoms with Gasteiger partial charge in [-0.2, -0.15) is 0 Å². The number of nitrogens with zero attached hydrogens (tertiary/aromatic N) is 1. The summed E-state index contributed by atoms with van der Waals surface area (Å²) in [5.41, 5.74) is 3.55. The van der Waals surface area contributed by atoms with E-state index in [2.05, 4.69) is 10.6 Å². The Morgan fingerprint density at radius 3 is 2.09 bits per heavy atom. The Bertz CT molecular complexity index is 1010. The van der Waals surface area contributed by atoms with E-state index in [9.17, 15) is 14.4 Å². The fraction of sp³-hybridized carbons (Fsp3) is 0.423. The van der Waals surface area contributed by atoms with E-state index < -0.39 is 29.7 Å². The van der Waals surface area contributed by atoms with Crippen molar-refractivity contribution in [1.82, 2.24) is 10.2 Å². The summed E-state index contributed by atoms with van der Waals surface area (Å²) in [6, 6.07) is 11.5. The van der Waals surface area contributed by atoms with Crippen LogP contribution in [0.15, 0.2) is 42.5 Å². The van der Waals surface area contributed by atoms with E-state index in [4.69, 9.17) is 4.74 Å². The molecule has 2 atom stereocenters. The maximum absolute atomic E-state index is 13.5. The van der Waals surface area contributed by atoms with Crippen LogP contribution in [-0.2, 0) is 14.3 Å². The number of carbonyl (C=O) groups excluding carboxylic acids is 3. The van der Waals surface area contributed by atoms with Gasteiger partial charge in [0.1, 0.15) is 17.7 Å². The SMILES string of the molecule is Cc1cccc(C(C(=O)Nc2c(C)cccc2C)N(C)C(=O)C(C)NC(=O)OC(C)(C)C)c1. The fourth-order valence-corrected chi connectivity index (χ4v) is 3.57. The maximum atomic E-state index is 13.5. The molecule has 178 valence electrons. The zero-order valence-corrected chi connectivity index (χ0v) is 20.8. The van der Waals surface area contributed by atoms with Crippen molar-refractivity contribution in [3.63, 3.8) is 0 Å². The number of amides is 3. The van der Waals surface area contributed by atoms with E-state index in [1.54, 1.807) is 34.7 Å². The van der Waals surface area contributed by atoms with Crippen molar-refractivity contribution in [3.8, 4) is 0 Å². The molecule has 0 aliphatic heterocycles. The lowest BCUT2D eigenvalue weighted by molar-refractivity contribution is -0.138. The second kappa shape index (κ2) is 10.5. The molecule has 7 nitrogen and oxygen atoms in total. The molecule has 33 heavy (non-hydrogen) atoms. The van der Waals surface area contributed by atoms with Crippen molar-refractivity contribution in [3.05, 3.63) is 64.7 Å². The summed E-state index contributed by atoms with van der Waals surface area (Å²) >= 11 is 0. The Morgan fingerprint density at radius 1 is 0.970 bits per heavy atom. The van der Waals surface area contributed by atoms with Crippen molar-refractivity contribution >= 4 is 23.6 Å². The molecule has 0 radical (unpaired) electrons. The highest BCUT2D eigenvalue weighted by molar-refractivity contribution is 5.99. The Morgan fingerprint density at radius 2 is 1.55 bits per heavy atom. The van der Waals surface area contributed by atoms with Gasteiger partial charge >= 0.3 is 6.09 Å². The van der Waals surface area contributed by atoms with Gasteiger partial charge < -0.3 is 20.3 Å². The number of nitrogens with one attached hydrogen (secondary N) is 2. The normalized spacial score (nSPS) is 13.0. The highest BCUT2D eigenvalue weighted by atomic mass is 16.6. The zero-order valence-electron chi connectivity index (χ0n) is 20.8. The third-order valence-corrected chi connectivity index (χ3v) is 5.17. The first kappa shape index (κ1) is 25.9. The van der Waals surface area contributed by atoms with Crippen LogP contribution in [0.2, 0.25) is 0 Å². The van der Waals surface area contributed by atoms with Gasteiger partial charge in [0, 0.05) is 12.7 Å². The summed E-state index contributed by atoms with van der Waals surface area (Å²) in [7, 11) is 1.56. The van der Waals surface area contributed by atoms with Gasteiger partial charge in [0.25, 0.3) is 5.91 Å². The van der Waals surface area contributed by atoms with E-state index in [-0.39, 0.29) is 5.91 Å². The number of alkyl carbamates (subject to hydrolysis) is 1. The zero-order chi connectivity index (χ0) is 24.9. The van der Waals surface area contributed by atoms with Crippen molar-refractivity contribution in [2.75, 3.05) is 12.4 Å². The maximum Gasteiger partial charge on any atom is 0.408 e. The number of carbonyl (C=O) groups is 3. The largest absolute Gasteiger partial charge is 0.444 e. The molecule has 0 spiro atoms. The predicted molar refractivity (Wildman–Crippen MR) is 130 cm³/mol. The van der Waals surface area contributed by atoms with Crippen LogP contribution in [0.25, 0.3) is 0 Å². The van der Waals surface area contributed by atoms with Crippen LogP contribution in [0.3, 0.4) is 0 Å². The molecule has 0 aliphatic carbocycles. The number of aryl methyl sites for hydroxylation is 3. The molecule has 2 aromatic carbocycles. The molecule has 0 bridgehead atoms. The third kappa shape index (κ3) is 7.07. The quantitative estimate of drug-likeness (QED) is 0.666. The van der Waals surface area contributed by atoms with Crippen LogP contribution in [0, 0.1) is 20.8 Å². The summed E-state index contributed by atoms with van der Waals surface area (Å²) < 4.78 is 5.25. The third-order valence-electron chi connectivity index (χ3n) is 5.17. The lowest BCUT2D eigenvalue weighted by Crippen LogP contribution is -2.49. The molecule has 0 fully saturated rings. The summed E-state index contributed by atoms with van der Waals surface area (Å²) in [4.78, 5) is 40.2. The van der Waals surface area contributed by atoms with E-state index in [1.165, 1.54) is 4.90 Å². The Hall–Kier alpha value is -3.35. The summed E-state index contributed by atoms with van der Waals surface area (Å²) in [5, 5.41) is 5.56. The molecule has 0 aliphatic rings. The molecule has 0 saturated carbocycles. The van der Waals surface area contributed by atoms with Crippen LogP contribution in [-0.4, -0.2) is 41.5 Å². The number of ether oxygens (including phenoxy) is 1. The van der Waals surface area contributed by atoms with Gasteiger partial charge in [-0.3, -0.25) is 9.59 Å². The smallest absolute Gasteiger partial charge is 0.408 e. The Labute approximate surface area is 196 Å². The molecule has 0 heterocycles. The number of hydrogen-bond donors (Lipinski definition) is 2. The predicted octanol–water partition coefficient (Wildman–Crippen LogP) is 4.66. The van der Waals surface area contributed by atoms with E-state index in [0.29, 0.717) is 5.56 Å². The standard InChI is InChI=1S/C26H35N3O4/c1-16-11-9-14-20(15-16)22(23(30)28-21-17(2)12-10-13-18(21)3)29(8)24(31)19(4)27-25(32)33-26(5,6)7/h9-15,19,22H,1-8H3,(H,27,32)(H,28,30). The number of anilines is 1. The fourth-order valence-electron chi connectivity index (χ4n) is 3.57. The average Bonchev–Trinajstić information content (AvgIpc) is 2.69. The van der Waals surface area contributed by atoms with Gasteiger partial charge in [-0.25, -0.2) is 4.79 Å². The number of benzene rings is 2. The van der Waals surface area contributed by atoms with Gasteiger partial charge in [0.15, 0.2) is 0 Å². The molecule has 0 saturated heterocycles. The number of hydrogen-bond acceptors (Lipinski definition) is 4. The molecule has 2 rings (SSSR count). The van der Waals surface area contributed by atoms with E-state index >= 15 is 0 Å². The number of rotatable bonds is 6. The lowest BCUT2D eigenvalue weighted by atomic mass is 10.0. The Kier molecular flexibility index (Phi) is 8.25. The Balaban J connectivity index is 2.32. The van der Waals surface area contributed by atoms with Crippen LogP contribution in [0.5, 0.6) is 0 Å². The average molecular weight is 454 g/mol. The van der Waals surface area contributed by atoms with Gasteiger partial charge in [0.05, 0.1) is 0 Å². The summed E-state index contributed by atoms with van der Waals surface area (Å²) in [6.45, 7) is 12.6.